The van der Waals surface area contributed by atoms with Gasteiger partial charge in [0.25, 0.3) is 0 Å². The Bertz CT molecular complexity index is 486. The van der Waals surface area contributed by atoms with Crippen molar-refractivity contribution in [3.8, 4) is 5.75 Å². The Kier molecular flexibility index (Phi) is 4.41. The molecule has 7 heteroatoms. The third-order valence-corrected chi connectivity index (χ3v) is 3.49. The van der Waals surface area contributed by atoms with Crippen LogP contribution in [0.4, 0.5) is 11.4 Å². The van der Waals surface area contributed by atoms with Crippen molar-refractivity contribution < 1.29 is 19.1 Å². The SMILES string of the molecule is COc1cc(NCC2(OC)CCOC2)ccc1[N+](=O)[O-]. The largest absolute Gasteiger partial charge is 0.490 e. The summed E-state index contributed by atoms with van der Waals surface area (Å²) in [5.74, 6) is 0.231. The lowest BCUT2D eigenvalue weighted by atomic mass is 10.0. The molecule has 20 heavy (non-hydrogen) atoms. The highest BCUT2D eigenvalue weighted by Crippen LogP contribution is 2.30. The molecule has 0 amide bonds. The van der Waals surface area contributed by atoms with E-state index in [4.69, 9.17) is 14.2 Å². The molecule has 1 aliphatic rings. The number of ether oxygens (including phenoxy) is 3. The van der Waals surface area contributed by atoms with E-state index >= 15 is 0 Å². The Morgan fingerprint density at radius 3 is 2.85 bits per heavy atom. The van der Waals surface area contributed by atoms with E-state index in [1.807, 2.05) is 0 Å². The Morgan fingerprint density at radius 1 is 1.50 bits per heavy atom. The highest BCUT2D eigenvalue weighted by Gasteiger charge is 2.34. The zero-order valence-corrected chi connectivity index (χ0v) is 11.5. The Labute approximate surface area is 117 Å². The molecule has 2 rings (SSSR count). The van der Waals surface area contributed by atoms with Gasteiger partial charge in [0.15, 0.2) is 5.75 Å². The van der Waals surface area contributed by atoms with Gasteiger partial charge in [-0.1, -0.05) is 0 Å². The molecule has 1 aromatic carbocycles. The molecule has 1 saturated heterocycles. The molecule has 1 N–H and O–H groups in total. The minimum atomic E-state index is -0.468. The van der Waals surface area contributed by atoms with E-state index < -0.39 is 4.92 Å². The lowest BCUT2D eigenvalue weighted by Gasteiger charge is -2.26. The van der Waals surface area contributed by atoms with E-state index in [2.05, 4.69) is 5.32 Å². The van der Waals surface area contributed by atoms with Gasteiger partial charge < -0.3 is 19.5 Å². The number of hydrogen-bond acceptors (Lipinski definition) is 6. The summed E-state index contributed by atoms with van der Waals surface area (Å²) in [5.41, 5.74) is 0.356. The number of anilines is 1. The van der Waals surface area contributed by atoms with Crippen LogP contribution in [0.5, 0.6) is 5.75 Å². The van der Waals surface area contributed by atoms with Crippen molar-refractivity contribution in [1.29, 1.82) is 0 Å². The second-order valence-electron chi connectivity index (χ2n) is 4.69. The molecule has 0 radical (unpaired) electrons. The number of benzene rings is 1. The number of nitrogens with one attached hydrogen (secondary N) is 1. The standard InChI is InChI=1S/C13H18N2O5/c1-18-12-7-10(3-4-11(12)15(16)17)14-8-13(19-2)5-6-20-9-13/h3-4,7,14H,5-6,8-9H2,1-2H3. The molecule has 1 unspecified atom stereocenters. The summed E-state index contributed by atoms with van der Waals surface area (Å²) in [6.45, 7) is 1.80. The van der Waals surface area contributed by atoms with Gasteiger partial charge >= 0.3 is 5.69 Å². The predicted molar refractivity (Wildman–Crippen MR) is 73.3 cm³/mol. The zero-order chi connectivity index (χ0) is 14.6. The van der Waals surface area contributed by atoms with Crippen molar-refractivity contribution in [1.82, 2.24) is 0 Å². The third kappa shape index (κ3) is 3.00. The van der Waals surface area contributed by atoms with Gasteiger partial charge in [-0.3, -0.25) is 10.1 Å². The summed E-state index contributed by atoms with van der Waals surface area (Å²) in [6, 6.07) is 4.68. The zero-order valence-electron chi connectivity index (χ0n) is 11.5. The molecular weight excluding hydrogens is 264 g/mol. The van der Waals surface area contributed by atoms with Crippen molar-refractivity contribution in [3.63, 3.8) is 0 Å². The number of nitrogens with zero attached hydrogens (tertiary/aromatic N) is 1. The van der Waals surface area contributed by atoms with Crippen molar-refractivity contribution >= 4 is 11.4 Å². The quantitative estimate of drug-likeness (QED) is 0.633. The fourth-order valence-electron chi connectivity index (χ4n) is 2.16. The van der Waals surface area contributed by atoms with Crippen molar-refractivity contribution in [2.45, 2.75) is 12.0 Å². The first-order valence-corrected chi connectivity index (χ1v) is 6.29. The average molecular weight is 282 g/mol. The van der Waals surface area contributed by atoms with Gasteiger partial charge in [-0.05, 0) is 6.07 Å². The number of hydrogen-bond donors (Lipinski definition) is 1. The highest BCUT2D eigenvalue weighted by molar-refractivity contribution is 5.58. The van der Waals surface area contributed by atoms with E-state index in [1.54, 1.807) is 19.2 Å². The van der Waals surface area contributed by atoms with Crippen LogP contribution in [-0.4, -0.2) is 44.5 Å². The van der Waals surface area contributed by atoms with Crippen LogP contribution in [0.25, 0.3) is 0 Å². The van der Waals surface area contributed by atoms with Gasteiger partial charge in [-0.2, -0.15) is 0 Å². The second kappa shape index (κ2) is 6.06. The van der Waals surface area contributed by atoms with Crippen LogP contribution in [-0.2, 0) is 9.47 Å². The summed E-state index contributed by atoms with van der Waals surface area (Å²) in [5, 5.41) is 14.0. The monoisotopic (exact) mass is 282 g/mol. The normalized spacial score (nSPS) is 21.7. The van der Waals surface area contributed by atoms with Gasteiger partial charge in [-0.25, -0.2) is 0 Å². The molecule has 1 aromatic rings. The maximum absolute atomic E-state index is 10.8. The molecule has 1 aliphatic heterocycles. The fraction of sp³-hybridized carbons (Fsp3) is 0.538. The van der Waals surface area contributed by atoms with Crippen LogP contribution in [0.3, 0.4) is 0 Å². The van der Waals surface area contributed by atoms with Crippen LogP contribution in [0.2, 0.25) is 0 Å². The highest BCUT2D eigenvalue weighted by atomic mass is 16.6. The first kappa shape index (κ1) is 14.5. The topological polar surface area (TPSA) is 82.9 Å². The average Bonchev–Trinajstić information content (AvgIpc) is 2.94. The molecule has 0 aliphatic carbocycles. The number of rotatable bonds is 6. The maximum atomic E-state index is 10.8. The van der Waals surface area contributed by atoms with Crippen molar-refractivity contribution in [3.05, 3.63) is 28.3 Å². The maximum Gasteiger partial charge on any atom is 0.311 e. The van der Waals surface area contributed by atoms with Crippen LogP contribution < -0.4 is 10.1 Å². The van der Waals surface area contributed by atoms with Crippen LogP contribution in [0.1, 0.15) is 6.42 Å². The lowest BCUT2D eigenvalue weighted by Crippen LogP contribution is -2.39. The summed E-state index contributed by atoms with van der Waals surface area (Å²) in [6.07, 6.45) is 0.820. The number of methoxy groups -OCH3 is 2. The van der Waals surface area contributed by atoms with Gasteiger partial charge in [0.2, 0.25) is 0 Å². The molecule has 0 saturated carbocycles. The number of nitro groups is 1. The molecule has 7 nitrogen and oxygen atoms in total. The first-order chi connectivity index (χ1) is 9.60. The minimum absolute atomic E-state index is 0.0521. The molecule has 110 valence electrons. The van der Waals surface area contributed by atoms with Gasteiger partial charge in [0, 0.05) is 44.5 Å². The van der Waals surface area contributed by atoms with E-state index in [9.17, 15) is 10.1 Å². The smallest absolute Gasteiger partial charge is 0.311 e. The summed E-state index contributed by atoms with van der Waals surface area (Å²) < 4.78 is 15.9. The molecule has 1 fully saturated rings. The molecule has 0 aromatic heterocycles. The predicted octanol–water partition coefficient (Wildman–Crippen LogP) is 1.82. The van der Waals surface area contributed by atoms with Crippen LogP contribution >= 0.6 is 0 Å². The summed E-state index contributed by atoms with van der Waals surface area (Å²) >= 11 is 0. The Morgan fingerprint density at radius 2 is 2.30 bits per heavy atom. The Balaban J connectivity index is 2.08. The van der Waals surface area contributed by atoms with E-state index in [0.29, 0.717) is 19.8 Å². The molecular formula is C13H18N2O5. The Hall–Kier alpha value is -1.86. The summed E-state index contributed by atoms with van der Waals surface area (Å²) in [4.78, 5) is 10.4. The lowest BCUT2D eigenvalue weighted by molar-refractivity contribution is -0.385. The minimum Gasteiger partial charge on any atom is -0.490 e. The molecule has 1 heterocycles. The molecule has 1 atom stereocenters. The van der Waals surface area contributed by atoms with Gasteiger partial charge in [0.05, 0.1) is 18.6 Å². The van der Waals surface area contributed by atoms with Crippen LogP contribution in [0.15, 0.2) is 18.2 Å². The van der Waals surface area contributed by atoms with E-state index in [1.165, 1.54) is 13.2 Å². The fourth-order valence-corrected chi connectivity index (χ4v) is 2.16. The number of nitro benzene ring substituents is 1. The first-order valence-electron chi connectivity index (χ1n) is 6.29. The van der Waals surface area contributed by atoms with E-state index in [0.717, 1.165) is 12.1 Å². The van der Waals surface area contributed by atoms with Crippen molar-refractivity contribution in [2.24, 2.45) is 0 Å². The second-order valence-corrected chi connectivity index (χ2v) is 4.69. The molecule has 0 bridgehead atoms. The molecule has 0 spiro atoms. The van der Waals surface area contributed by atoms with E-state index in [-0.39, 0.29) is 17.0 Å². The van der Waals surface area contributed by atoms with Gasteiger partial charge in [-0.15, -0.1) is 0 Å². The summed E-state index contributed by atoms with van der Waals surface area (Å²) in [7, 11) is 3.07. The van der Waals surface area contributed by atoms with Crippen molar-refractivity contribution in [2.75, 3.05) is 39.3 Å². The van der Waals surface area contributed by atoms with Gasteiger partial charge in [0.1, 0.15) is 5.60 Å². The third-order valence-electron chi connectivity index (χ3n) is 3.49. The van der Waals surface area contributed by atoms with Crippen LogP contribution in [0, 0.1) is 10.1 Å².